The van der Waals surface area contributed by atoms with Gasteiger partial charge in [-0.3, -0.25) is 14.4 Å². The van der Waals surface area contributed by atoms with Gasteiger partial charge in [0, 0.05) is 6.42 Å². The molecule has 6 heteroatoms. The number of hydrogen-bond donors (Lipinski definition) is 0. The van der Waals surface area contributed by atoms with E-state index in [1.165, 1.54) is 0 Å². The van der Waals surface area contributed by atoms with Crippen molar-refractivity contribution in [1.29, 1.82) is 0 Å². The summed E-state index contributed by atoms with van der Waals surface area (Å²) in [6.07, 6.45) is 1.98. The highest BCUT2D eigenvalue weighted by molar-refractivity contribution is 5.76. The van der Waals surface area contributed by atoms with Crippen LogP contribution in [0.4, 0.5) is 0 Å². The second kappa shape index (κ2) is 9.75. The van der Waals surface area contributed by atoms with Crippen molar-refractivity contribution in [2.45, 2.75) is 106 Å². The molecule has 1 saturated carbocycles. The number of carbonyl (C=O) groups excluding carboxylic acids is 3. The zero-order chi connectivity index (χ0) is 21.7. The van der Waals surface area contributed by atoms with E-state index < -0.39 is 23.0 Å². The minimum atomic E-state index is -0.632. The molecule has 3 atom stereocenters. The average molecular weight is 399 g/mol. The van der Waals surface area contributed by atoms with Gasteiger partial charge in [0.1, 0.15) is 12.2 Å². The Balaban J connectivity index is 2.77. The molecule has 1 fully saturated rings. The van der Waals surface area contributed by atoms with Gasteiger partial charge in [0.2, 0.25) is 0 Å². The van der Waals surface area contributed by atoms with Crippen LogP contribution in [-0.2, 0) is 28.6 Å². The topological polar surface area (TPSA) is 78.9 Å². The molecule has 0 aromatic heterocycles. The standard InChI is InChI=1S/C22H38O6/c1-14(2)26-18(23)12-10-15-9-11-16(27-19(24)21(3,4)5)17(13-15)28-20(25)22(6,7)8/h14-17H,9-13H2,1-8H3. The molecule has 0 aliphatic heterocycles. The van der Waals surface area contributed by atoms with E-state index in [1.54, 1.807) is 41.5 Å². The summed E-state index contributed by atoms with van der Waals surface area (Å²) in [5.41, 5.74) is -1.25. The van der Waals surface area contributed by atoms with Crippen LogP contribution in [0.25, 0.3) is 0 Å². The van der Waals surface area contributed by atoms with E-state index in [0.29, 0.717) is 25.7 Å². The number of rotatable bonds is 6. The van der Waals surface area contributed by atoms with Gasteiger partial charge >= 0.3 is 17.9 Å². The number of carbonyl (C=O) groups is 3. The lowest BCUT2D eigenvalue weighted by molar-refractivity contribution is -0.183. The predicted octanol–water partition coefficient (Wildman–Crippen LogP) is 4.43. The van der Waals surface area contributed by atoms with Crippen molar-refractivity contribution in [1.82, 2.24) is 0 Å². The third-order valence-electron chi connectivity index (χ3n) is 4.71. The highest BCUT2D eigenvalue weighted by atomic mass is 16.6. The average Bonchev–Trinajstić information content (AvgIpc) is 2.52. The summed E-state index contributed by atoms with van der Waals surface area (Å²) in [7, 11) is 0. The molecule has 0 amide bonds. The van der Waals surface area contributed by atoms with Crippen LogP contribution in [0.2, 0.25) is 0 Å². The first-order valence-corrected chi connectivity index (χ1v) is 10.3. The minimum absolute atomic E-state index is 0.125. The molecule has 0 aromatic carbocycles. The Hall–Kier alpha value is -1.59. The molecule has 0 heterocycles. The number of esters is 3. The van der Waals surface area contributed by atoms with Crippen molar-refractivity contribution in [3.05, 3.63) is 0 Å². The maximum absolute atomic E-state index is 12.4. The van der Waals surface area contributed by atoms with Gasteiger partial charge < -0.3 is 14.2 Å². The molecular formula is C22H38O6. The van der Waals surface area contributed by atoms with E-state index in [-0.39, 0.29) is 29.9 Å². The first-order chi connectivity index (χ1) is 12.7. The Bertz CT molecular complexity index is 552. The Labute approximate surface area is 169 Å². The van der Waals surface area contributed by atoms with Crippen LogP contribution in [0, 0.1) is 16.7 Å². The number of ether oxygens (including phenoxy) is 3. The van der Waals surface area contributed by atoms with Crippen molar-refractivity contribution in [3.8, 4) is 0 Å². The SMILES string of the molecule is CC(C)OC(=O)CCC1CCC(OC(=O)C(C)(C)C)C(OC(=O)C(C)(C)C)C1. The second-order valence-electron chi connectivity index (χ2n) is 10.1. The van der Waals surface area contributed by atoms with Crippen LogP contribution in [0.5, 0.6) is 0 Å². The molecule has 0 aromatic rings. The molecule has 3 unspecified atom stereocenters. The fourth-order valence-corrected chi connectivity index (χ4v) is 2.98. The molecule has 162 valence electrons. The molecule has 0 bridgehead atoms. The van der Waals surface area contributed by atoms with Gasteiger partial charge in [0.15, 0.2) is 0 Å². The van der Waals surface area contributed by atoms with E-state index in [9.17, 15) is 14.4 Å². The lowest BCUT2D eigenvalue weighted by atomic mass is 9.82. The molecule has 0 radical (unpaired) electrons. The molecule has 1 aliphatic carbocycles. The summed E-state index contributed by atoms with van der Waals surface area (Å²) < 4.78 is 16.6. The van der Waals surface area contributed by atoms with Crippen LogP contribution in [0.3, 0.4) is 0 Å². The van der Waals surface area contributed by atoms with Gasteiger partial charge in [-0.2, -0.15) is 0 Å². The maximum Gasteiger partial charge on any atom is 0.311 e. The summed E-state index contributed by atoms with van der Waals surface area (Å²) in [5, 5.41) is 0. The fraction of sp³-hybridized carbons (Fsp3) is 0.864. The van der Waals surface area contributed by atoms with Crippen molar-refractivity contribution < 1.29 is 28.6 Å². The van der Waals surface area contributed by atoms with Crippen LogP contribution >= 0.6 is 0 Å². The van der Waals surface area contributed by atoms with Crippen LogP contribution in [0.15, 0.2) is 0 Å². The van der Waals surface area contributed by atoms with Gasteiger partial charge in [-0.05, 0) is 87.0 Å². The van der Waals surface area contributed by atoms with Crippen molar-refractivity contribution in [3.63, 3.8) is 0 Å². The number of hydrogen-bond acceptors (Lipinski definition) is 6. The Morgan fingerprint density at radius 3 is 1.82 bits per heavy atom. The van der Waals surface area contributed by atoms with Gasteiger partial charge in [-0.25, -0.2) is 0 Å². The Kier molecular flexibility index (Phi) is 8.51. The lowest BCUT2D eigenvalue weighted by Gasteiger charge is -2.37. The summed E-state index contributed by atoms with van der Waals surface area (Å²) in [6.45, 7) is 14.5. The smallest absolute Gasteiger partial charge is 0.311 e. The molecular weight excluding hydrogens is 360 g/mol. The first kappa shape index (κ1) is 24.4. The lowest BCUT2D eigenvalue weighted by Crippen LogP contribution is -2.44. The van der Waals surface area contributed by atoms with Gasteiger partial charge in [-0.1, -0.05) is 0 Å². The summed E-state index contributed by atoms with van der Waals surface area (Å²) >= 11 is 0. The summed E-state index contributed by atoms with van der Waals surface area (Å²) in [4.78, 5) is 36.6. The van der Waals surface area contributed by atoms with Gasteiger partial charge in [0.25, 0.3) is 0 Å². The monoisotopic (exact) mass is 398 g/mol. The third-order valence-corrected chi connectivity index (χ3v) is 4.71. The van der Waals surface area contributed by atoms with E-state index in [0.717, 1.165) is 6.42 Å². The molecule has 1 aliphatic rings. The predicted molar refractivity (Wildman–Crippen MR) is 106 cm³/mol. The molecule has 28 heavy (non-hydrogen) atoms. The molecule has 1 rings (SSSR count). The molecule has 6 nitrogen and oxygen atoms in total. The van der Waals surface area contributed by atoms with Gasteiger partial charge in [0.05, 0.1) is 16.9 Å². The zero-order valence-electron chi connectivity index (χ0n) is 18.8. The highest BCUT2D eigenvalue weighted by Gasteiger charge is 2.39. The van der Waals surface area contributed by atoms with Crippen LogP contribution in [0.1, 0.15) is 87.5 Å². The zero-order valence-corrected chi connectivity index (χ0v) is 18.8. The van der Waals surface area contributed by atoms with Gasteiger partial charge in [-0.15, -0.1) is 0 Å². The van der Waals surface area contributed by atoms with E-state index >= 15 is 0 Å². The highest BCUT2D eigenvalue weighted by Crippen LogP contribution is 2.34. The molecule has 0 spiro atoms. The molecule has 0 saturated heterocycles. The largest absolute Gasteiger partial charge is 0.463 e. The minimum Gasteiger partial charge on any atom is -0.463 e. The van der Waals surface area contributed by atoms with E-state index in [1.807, 2.05) is 13.8 Å². The van der Waals surface area contributed by atoms with E-state index in [4.69, 9.17) is 14.2 Å². The normalized spacial score (nSPS) is 23.2. The quantitative estimate of drug-likeness (QED) is 0.486. The van der Waals surface area contributed by atoms with E-state index in [2.05, 4.69) is 0 Å². The first-order valence-electron chi connectivity index (χ1n) is 10.3. The second-order valence-corrected chi connectivity index (χ2v) is 10.1. The van der Waals surface area contributed by atoms with Crippen molar-refractivity contribution in [2.75, 3.05) is 0 Å². The summed E-state index contributed by atoms with van der Waals surface area (Å²) in [6, 6.07) is 0. The Morgan fingerprint density at radius 2 is 1.36 bits per heavy atom. The summed E-state index contributed by atoms with van der Waals surface area (Å²) in [5.74, 6) is -0.593. The fourth-order valence-electron chi connectivity index (χ4n) is 2.98. The van der Waals surface area contributed by atoms with Crippen molar-refractivity contribution in [2.24, 2.45) is 16.7 Å². The third kappa shape index (κ3) is 8.19. The van der Waals surface area contributed by atoms with Crippen molar-refractivity contribution >= 4 is 17.9 Å². The van der Waals surface area contributed by atoms with Crippen LogP contribution < -0.4 is 0 Å². The Morgan fingerprint density at radius 1 is 0.857 bits per heavy atom. The maximum atomic E-state index is 12.4. The van der Waals surface area contributed by atoms with Crippen LogP contribution in [-0.4, -0.2) is 36.2 Å². The molecule has 0 N–H and O–H groups in total.